The van der Waals surface area contributed by atoms with Crippen LogP contribution in [0.4, 0.5) is 11.4 Å². The molecule has 0 aliphatic carbocycles. The number of aryl methyl sites for hydroxylation is 1. The zero-order chi connectivity index (χ0) is 20.5. The van der Waals surface area contributed by atoms with Crippen LogP contribution >= 0.6 is 11.3 Å². The highest BCUT2D eigenvalue weighted by molar-refractivity contribution is 7.13. The van der Waals surface area contributed by atoms with Crippen LogP contribution in [0, 0.1) is 17.0 Å². The van der Waals surface area contributed by atoms with Gasteiger partial charge in [0.15, 0.2) is 0 Å². The topological polar surface area (TPSA) is 107 Å². The number of amides is 1. The molecule has 144 valence electrons. The molecule has 2 aromatic heterocycles. The molecule has 2 heterocycles. The predicted molar refractivity (Wildman–Crippen MR) is 108 cm³/mol. The van der Waals surface area contributed by atoms with Crippen LogP contribution in [0.2, 0.25) is 0 Å². The van der Waals surface area contributed by atoms with Crippen LogP contribution in [0.5, 0.6) is 0 Å². The Kier molecular flexibility index (Phi) is 5.10. The third-order valence-corrected chi connectivity index (χ3v) is 5.22. The fraction of sp³-hybridized carbons (Fsp3) is 0.211. The summed E-state index contributed by atoms with van der Waals surface area (Å²) in [4.78, 5) is 36.6. The molecule has 28 heavy (non-hydrogen) atoms. The minimum atomic E-state index is -1.28. The third-order valence-electron chi connectivity index (χ3n) is 4.33. The minimum absolute atomic E-state index is 0.0590. The van der Waals surface area contributed by atoms with E-state index >= 15 is 0 Å². The van der Waals surface area contributed by atoms with Crippen molar-refractivity contribution in [2.24, 2.45) is 0 Å². The molecule has 0 atom stereocenters. The summed E-state index contributed by atoms with van der Waals surface area (Å²) in [6.45, 7) is 4.85. The molecule has 0 aliphatic heterocycles. The summed E-state index contributed by atoms with van der Waals surface area (Å²) >= 11 is 1.48. The van der Waals surface area contributed by atoms with Crippen molar-refractivity contribution in [2.45, 2.75) is 26.3 Å². The molecule has 1 amide bonds. The van der Waals surface area contributed by atoms with Crippen molar-refractivity contribution in [2.75, 3.05) is 5.32 Å². The van der Waals surface area contributed by atoms with E-state index in [0.29, 0.717) is 16.9 Å². The van der Waals surface area contributed by atoms with Crippen molar-refractivity contribution in [1.82, 2.24) is 9.78 Å². The van der Waals surface area contributed by atoms with E-state index in [1.165, 1.54) is 35.6 Å². The number of non-ortho nitro benzene ring substituents is 1. The predicted octanol–water partition coefficient (Wildman–Crippen LogP) is 3.56. The number of rotatable bonds is 5. The van der Waals surface area contributed by atoms with E-state index in [-0.39, 0.29) is 5.69 Å². The van der Waals surface area contributed by atoms with E-state index in [0.717, 1.165) is 9.56 Å². The molecule has 0 saturated heterocycles. The Hall–Kier alpha value is -3.33. The largest absolute Gasteiger partial charge is 0.324 e. The van der Waals surface area contributed by atoms with Crippen molar-refractivity contribution in [1.29, 1.82) is 0 Å². The number of carbonyl (C=O) groups excluding carboxylic acids is 1. The van der Waals surface area contributed by atoms with Gasteiger partial charge in [-0.05, 0) is 49.9 Å². The lowest BCUT2D eigenvalue weighted by atomic mass is 10.0. The standard InChI is InChI=1S/C19H18N4O4S/c1-12-11-13(23(26)27)6-7-14(12)20-18(25)19(2,3)22-17(24)9-8-15(21-22)16-5-4-10-28-16/h4-11H,1-3H3,(H,20,25). The van der Waals surface area contributed by atoms with Crippen molar-refractivity contribution >= 4 is 28.6 Å². The van der Waals surface area contributed by atoms with Crippen LogP contribution in [0.25, 0.3) is 10.6 Å². The van der Waals surface area contributed by atoms with E-state index in [4.69, 9.17) is 0 Å². The first-order valence-electron chi connectivity index (χ1n) is 8.41. The monoisotopic (exact) mass is 398 g/mol. The summed E-state index contributed by atoms with van der Waals surface area (Å²) in [5.41, 5.74) is -0.158. The number of nitrogens with zero attached hydrogens (tertiary/aromatic N) is 3. The van der Waals surface area contributed by atoms with Gasteiger partial charge in [-0.1, -0.05) is 6.07 Å². The molecule has 1 N–H and O–H groups in total. The van der Waals surface area contributed by atoms with Gasteiger partial charge in [-0.25, -0.2) is 4.68 Å². The Morgan fingerprint density at radius 2 is 2.00 bits per heavy atom. The first-order valence-corrected chi connectivity index (χ1v) is 9.29. The molecule has 0 fully saturated rings. The van der Waals surface area contributed by atoms with Crippen LogP contribution in [0.1, 0.15) is 19.4 Å². The third kappa shape index (κ3) is 3.70. The van der Waals surface area contributed by atoms with Gasteiger partial charge < -0.3 is 5.32 Å². The average molecular weight is 398 g/mol. The van der Waals surface area contributed by atoms with Gasteiger partial charge in [0.25, 0.3) is 17.2 Å². The second-order valence-electron chi connectivity index (χ2n) is 6.72. The summed E-state index contributed by atoms with van der Waals surface area (Å²) in [7, 11) is 0. The Morgan fingerprint density at radius 3 is 2.61 bits per heavy atom. The summed E-state index contributed by atoms with van der Waals surface area (Å²) in [5.74, 6) is -0.456. The van der Waals surface area contributed by atoms with Crippen molar-refractivity contribution in [3.05, 3.63) is 73.9 Å². The fourth-order valence-corrected chi connectivity index (χ4v) is 3.33. The fourth-order valence-electron chi connectivity index (χ4n) is 2.64. The summed E-state index contributed by atoms with van der Waals surface area (Å²) in [5, 5.41) is 19.9. The summed E-state index contributed by atoms with van der Waals surface area (Å²) in [6.07, 6.45) is 0. The maximum atomic E-state index is 12.9. The van der Waals surface area contributed by atoms with Crippen molar-refractivity contribution < 1.29 is 9.72 Å². The second-order valence-corrected chi connectivity index (χ2v) is 7.66. The Balaban J connectivity index is 1.92. The molecule has 0 radical (unpaired) electrons. The first kappa shape index (κ1) is 19.4. The van der Waals surface area contributed by atoms with Crippen LogP contribution < -0.4 is 10.9 Å². The zero-order valence-corrected chi connectivity index (χ0v) is 16.3. The quantitative estimate of drug-likeness (QED) is 0.522. The number of aromatic nitrogens is 2. The number of hydrogen-bond acceptors (Lipinski definition) is 6. The Bertz CT molecular complexity index is 1100. The number of nitro groups is 1. The molecule has 8 nitrogen and oxygen atoms in total. The molecule has 3 aromatic rings. The molecule has 0 unspecified atom stereocenters. The van der Waals surface area contributed by atoms with Crippen LogP contribution in [0.15, 0.2) is 52.6 Å². The zero-order valence-electron chi connectivity index (χ0n) is 15.5. The van der Waals surface area contributed by atoms with Gasteiger partial charge in [0, 0.05) is 23.9 Å². The molecule has 0 saturated carbocycles. The SMILES string of the molecule is Cc1cc([N+](=O)[O-])ccc1NC(=O)C(C)(C)n1nc(-c2cccs2)ccc1=O. The molecule has 0 spiro atoms. The average Bonchev–Trinajstić information content (AvgIpc) is 3.18. The van der Waals surface area contributed by atoms with Gasteiger partial charge in [-0.3, -0.25) is 19.7 Å². The molecular formula is C19H18N4O4S. The first-order chi connectivity index (χ1) is 13.2. The molecule has 9 heteroatoms. The van der Waals surface area contributed by atoms with Gasteiger partial charge >= 0.3 is 0 Å². The maximum absolute atomic E-state index is 12.9. The normalized spacial score (nSPS) is 11.2. The van der Waals surface area contributed by atoms with Crippen molar-refractivity contribution in [3.63, 3.8) is 0 Å². The number of nitrogens with one attached hydrogen (secondary N) is 1. The van der Waals surface area contributed by atoms with Gasteiger partial charge in [0.1, 0.15) is 11.2 Å². The van der Waals surface area contributed by atoms with Gasteiger partial charge in [0.2, 0.25) is 0 Å². The highest BCUT2D eigenvalue weighted by atomic mass is 32.1. The van der Waals surface area contributed by atoms with Crippen LogP contribution in [-0.4, -0.2) is 20.6 Å². The second kappa shape index (κ2) is 7.35. The molecule has 3 rings (SSSR count). The highest BCUT2D eigenvalue weighted by Gasteiger charge is 2.32. The molecule has 0 aliphatic rings. The van der Waals surface area contributed by atoms with Crippen LogP contribution in [0.3, 0.4) is 0 Å². The number of thiophene rings is 1. The summed E-state index contributed by atoms with van der Waals surface area (Å²) < 4.78 is 1.15. The molecular weight excluding hydrogens is 380 g/mol. The van der Waals surface area contributed by atoms with Crippen molar-refractivity contribution in [3.8, 4) is 10.6 Å². The van der Waals surface area contributed by atoms with Gasteiger partial charge in [-0.2, -0.15) is 5.10 Å². The summed E-state index contributed by atoms with van der Waals surface area (Å²) in [6, 6.07) is 10.9. The number of anilines is 1. The lowest BCUT2D eigenvalue weighted by Gasteiger charge is -2.25. The molecule has 1 aromatic carbocycles. The Labute approximate surface area is 164 Å². The Morgan fingerprint density at radius 1 is 1.25 bits per heavy atom. The molecule has 0 bridgehead atoms. The maximum Gasteiger partial charge on any atom is 0.269 e. The highest BCUT2D eigenvalue weighted by Crippen LogP contribution is 2.25. The lowest BCUT2D eigenvalue weighted by molar-refractivity contribution is -0.384. The minimum Gasteiger partial charge on any atom is -0.324 e. The number of carbonyl (C=O) groups is 1. The smallest absolute Gasteiger partial charge is 0.269 e. The number of hydrogen-bond donors (Lipinski definition) is 1. The van der Waals surface area contributed by atoms with E-state index < -0.39 is 21.9 Å². The van der Waals surface area contributed by atoms with E-state index in [2.05, 4.69) is 10.4 Å². The van der Waals surface area contributed by atoms with Gasteiger partial charge in [-0.15, -0.1) is 11.3 Å². The van der Waals surface area contributed by atoms with Crippen LogP contribution in [-0.2, 0) is 10.3 Å². The number of benzene rings is 1. The lowest BCUT2D eigenvalue weighted by Crippen LogP contribution is -2.47. The van der Waals surface area contributed by atoms with E-state index in [1.54, 1.807) is 26.8 Å². The van der Waals surface area contributed by atoms with Gasteiger partial charge in [0.05, 0.1) is 9.80 Å². The number of nitro benzene ring substituents is 1. The van der Waals surface area contributed by atoms with E-state index in [9.17, 15) is 19.7 Å². The van der Waals surface area contributed by atoms with E-state index in [1.807, 2.05) is 17.5 Å².